The normalized spacial score (nSPS) is 21.1. The van der Waals surface area contributed by atoms with E-state index in [1.54, 1.807) is 0 Å². The summed E-state index contributed by atoms with van der Waals surface area (Å²) in [4.78, 5) is 38.7. The van der Waals surface area contributed by atoms with Crippen molar-refractivity contribution < 1.29 is 48.2 Å². The monoisotopic (exact) mass is 298 g/mol. The van der Waals surface area contributed by atoms with E-state index in [9.17, 15) is 24.4 Å². The number of carbonyl (C=O) groups is 2. The van der Waals surface area contributed by atoms with Gasteiger partial charge < -0.3 is 24.2 Å². The van der Waals surface area contributed by atoms with E-state index in [4.69, 9.17) is 9.79 Å². The summed E-state index contributed by atoms with van der Waals surface area (Å²) in [7, 11) is -5.06. The first-order valence-electron chi connectivity index (χ1n) is 4.82. The van der Waals surface area contributed by atoms with Gasteiger partial charge in [0, 0.05) is 6.92 Å². The highest BCUT2D eigenvalue weighted by Gasteiger charge is 2.43. The van der Waals surface area contributed by atoms with E-state index in [2.05, 4.69) is 14.0 Å². The van der Waals surface area contributed by atoms with Gasteiger partial charge in [0.25, 0.3) is 5.76 Å². The molecule has 0 radical (unpaired) electrons. The van der Waals surface area contributed by atoms with Crippen molar-refractivity contribution in [3.8, 4) is 0 Å². The van der Waals surface area contributed by atoms with Gasteiger partial charge in [0.05, 0.1) is 0 Å². The van der Waals surface area contributed by atoms with Gasteiger partial charge in [-0.1, -0.05) is 0 Å². The molecule has 0 aromatic rings. The highest BCUT2D eigenvalue weighted by molar-refractivity contribution is 7.46. The molecule has 0 aromatic heterocycles. The summed E-state index contributed by atoms with van der Waals surface area (Å²) in [6, 6.07) is 0. The Labute approximate surface area is 106 Å². The second kappa shape index (κ2) is 5.57. The second-order valence-electron chi connectivity index (χ2n) is 3.49. The Hall–Kier alpha value is -1.61. The highest BCUT2D eigenvalue weighted by atomic mass is 31.2. The molecular formula is C8H11O10P. The van der Waals surface area contributed by atoms with Crippen LogP contribution in [0.1, 0.15) is 6.92 Å². The minimum absolute atomic E-state index is 0.583. The van der Waals surface area contributed by atoms with Crippen molar-refractivity contribution in [3.63, 3.8) is 0 Å². The SMILES string of the molecule is CC(=O)OCC(O)C1OC(=O)C(OP(=O)(O)O)=C1O. The van der Waals surface area contributed by atoms with E-state index in [0.717, 1.165) is 6.92 Å². The van der Waals surface area contributed by atoms with Crippen molar-refractivity contribution in [1.82, 2.24) is 0 Å². The number of hydrogen-bond acceptors (Lipinski definition) is 8. The average molecular weight is 298 g/mol. The molecule has 0 amide bonds. The first-order valence-corrected chi connectivity index (χ1v) is 6.35. The van der Waals surface area contributed by atoms with E-state index in [1.807, 2.05) is 0 Å². The fourth-order valence-electron chi connectivity index (χ4n) is 1.21. The quantitative estimate of drug-likeness (QED) is 0.355. The Morgan fingerprint density at radius 1 is 1.53 bits per heavy atom. The molecule has 0 bridgehead atoms. The maximum absolute atomic E-state index is 11.2. The molecule has 10 nitrogen and oxygen atoms in total. The number of esters is 2. The molecule has 0 saturated carbocycles. The third kappa shape index (κ3) is 4.21. The third-order valence-corrected chi connectivity index (χ3v) is 2.36. The van der Waals surface area contributed by atoms with E-state index in [-0.39, 0.29) is 0 Å². The van der Waals surface area contributed by atoms with Crippen molar-refractivity contribution in [3.05, 3.63) is 11.5 Å². The zero-order valence-electron chi connectivity index (χ0n) is 9.55. The Morgan fingerprint density at radius 2 is 2.11 bits per heavy atom. The van der Waals surface area contributed by atoms with Gasteiger partial charge in [0.15, 0.2) is 11.9 Å². The van der Waals surface area contributed by atoms with Crippen LogP contribution in [-0.2, 0) is 28.2 Å². The van der Waals surface area contributed by atoms with Gasteiger partial charge in [-0.05, 0) is 0 Å². The third-order valence-electron chi connectivity index (χ3n) is 1.94. The predicted octanol–water partition coefficient (Wildman–Crippen LogP) is -1.29. The molecule has 11 heteroatoms. The summed E-state index contributed by atoms with van der Waals surface area (Å²) in [6.45, 7) is 0.492. The molecule has 1 rings (SSSR count). The Morgan fingerprint density at radius 3 is 2.58 bits per heavy atom. The highest BCUT2D eigenvalue weighted by Crippen LogP contribution is 2.42. The van der Waals surface area contributed by atoms with Gasteiger partial charge in [0.2, 0.25) is 0 Å². The zero-order valence-corrected chi connectivity index (χ0v) is 10.4. The van der Waals surface area contributed by atoms with Crippen LogP contribution in [0.4, 0.5) is 0 Å². The second-order valence-corrected chi connectivity index (χ2v) is 4.66. The summed E-state index contributed by atoms with van der Waals surface area (Å²) in [5, 5.41) is 19.0. The summed E-state index contributed by atoms with van der Waals surface area (Å²) in [5.41, 5.74) is 0. The van der Waals surface area contributed by atoms with Crippen LogP contribution in [0.5, 0.6) is 0 Å². The van der Waals surface area contributed by atoms with Crippen molar-refractivity contribution in [2.24, 2.45) is 0 Å². The number of rotatable bonds is 5. The van der Waals surface area contributed by atoms with Crippen LogP contribution < -0.4 is 0 Å². The number of cyclic esters (lactones) is 1. The van der Waals surface area contributed by atoms with Crippen LogP contribution in [0.25, 0.3) is 0 Å². The van der Waals surface area contributed by atoms with Gasteiger partial charge in [0.1, 0.15) is 12.7 Å². The minimum atomic E-state index is -5.06. The number of aliphatic hydroxyl groups excluding tert-OH is 2. The number of carbonyl (C=O) groups excluding carboxylic acids is 2. The summed E-state index contributed by atoms with van der Waals surface area (Å²) in [6.07, 6.45) is -3.24. The molecule has 4 N–H and O–H groups in total. The van der Waals surface area contributed by atoms with Gasteiger partial charge in [-0.2, -0.15) is 0 Å². The molecule has 108 valence electrons. The van der Waals surface area contributed by atoms with Crippen LogP contribution in [0.15, 0.2) is 11.5 Å². The smallest absolute Gasteiger partial charge is 0.505 e. The van der Waals surface area contributed by atoms with Gasteiger partial charge in [-0.25, -0.2) is 9.36 Å². The van der Waals surface area contributed by atoms with Gasteiger partial charge in [-0.15, -0.1) is 0 Å². The first-order chi connectivity index (χ1) is 8.61. The average Bonchev–Trinajstić information content (AvgIpc) is 2.52. The van der Waals surface area contributed by atoms with Crippen molar-refractivity contribution in [2.45, 2.75) is 19.1 Å². The molecule has 0 aromatic carbocycles. The molecule has 0 saturated heterocycles. The topological polar surface area (TPSA) is 160 Å². The largest absolute Gasteiger partial charge is 0.525 e. The number of phosphoric ester groups is 1. The minimum Gasteiger partial charge on any atom is -0.505 e. The molecule has 2 unspecified atom stereocenters. The Balaban J connectivity index is 2.80. The number of ether oxygens (including phenoxy) is 2. The van der Waals surface area contributed by atoms with E-state index in [1.165, 1.54) is 0 Å². The zero-order chi connectivity index (χ0) is 14.8. The van der Waals surface area contributed by atoms with Crippen LogP contribution >= 0.6 is 7.82 Å². The lowest BCUT2D eigenvalue weighted by atomic mass is 10.2. The summed E-state index contributed by atoms with van der Waals surface area (Å²) in [5.74, 6) is -4.15. The van der Waals surface area contributed by atoms with E-state index < -0.39 is 50.1 Å². The first kappa shape index (κ1) is 15.4. The number of hydrogen-bond donors (Lipinski definition) is 4. The van der Waals surface area contributed by atoms with Gasteiger partial charge in [-0.3, -0.25) is 14.6 Å². The molecule has 1 aliphatic rings. The van der Waals surface area contributed by atoms with Crippen LogP contribution in [-0.4, -0.2) is 50.8 Å². The molecule has 0 spiro atoms. The fraction of sp³-hybridized carbons (Fsp3) is 0.500. The Kier molecular flexibility index (Phi) is 4.53. The van der Waals surface area contributed by atoms with Gasteiger partial charge >= 0.3 is 19.8 Å². The molecule has 1 aliphatic heterocycles. The molecule has 19 heavy (non-hydrogen) atoms. The molecule has 1 heterocycles. The molecule has 2 atom stereocenters. The van der Waals surface area contributed by atoms with Crippen molar-refractivity contribution >= 4 is 19.8 Å². The molecule has 0 aliphatic carbocycles. The van der Waals surface area contributed by atoms with Crippen LogP contribution in [0, 0.1) is 0 Å². The maximum atomic E-state index is 11.2. The lowest BCUT2D eigenvalue weighted by Gasteiger charge is -2.16. The van der Waals surface area contributed by atoms with Crippen LogP contribution in [0.2, 0.25) is 0 Å². The number of phosphoric acid groups is 1. The lowest BCUT2D eigenvalue weighted by Crippen LogP contribution is -2.33. The molecular weight excluding hydrogens is 287 g/mol. The Bertz CT molecular complexity index is 462. The fourth-order valence-corrected chi connectivity index (χ4v) is 1.62. The van der Waals surface area contributed by atoms with Crippen molar-refractivity contribution in [2.75, 3.05) is 6.61 Å². The maximum Gasteiger partial charge on any atom is 0.525 e. The lowest BCUT2D eigenvalue weighted by molar-refractivity contribution is -0.153. The predicted molar refractivity (Wildman–Crippen MR) is 55.3 cm³/mol. The summed E-state index contributed by atoms with van der Waals surface area (Å²) < 4.78 is 23.4. The number of aliphatic hydroxyl groups is 2. The standard InChI is InChI=1S/C8H11O10P/c1-3(9)16-2-4(10)6-5(11)7(8(12)17-6)18-19(13,14)15/h4,6,10-11H,2H2,1H3,(H2,13,14,15). The summed E-state index contributed by atoms with van der Waals surface area (Å²) >= 11 is 0. The van der Waals surface area contributed by atoms with E-state index >= 15 is 0 Å². The van der Waals surface area contributed by atoms with E-state index in [0.29, 0.717) is 0 Å². The van der Waals surface area contributed by atoms with Crippen LogP contribution in [0.3, 0.4) is 0 Å². The molecule has 0 fully saturated rings. The van der Waals surface area contributed by atoms with Crippen molar-refractivity contribution in [1.29, 1.82) is 0 Å².